The van der Waals surface area contributed by atoms with E-state index in [0.29, 0.717) is 192 Å². The van der Waals surface area contributed by atoms with Gasteiger partial charge in [0.25, 0.3) is 0 Å². The van der Waals surface area contributed by atoms with Gasteiger partial charge in [-0.05, 0) is 144 Å². The molecule has 13 heterocycles. The fourth-order valence-corrected chi connectivity index (χ4v) is 19.5. The van der Waals surface area contributed by atoms with Crippen molar-refractivity contribution in [3.8, 4) is 52.2 Å². The summed E-state index contributed by atoms with van der Waals surface area (Å²) in [4.78, 5) is 103. The molecular weight excluding hydrogens is 1930 g/mol. The Labute approximate surface area is 854 Å². The van der Waals surface area contributed by atoms with Crippen molar-refractivity contribution in [2.75, 3.05) is 154 Å². The summed E-state index contributed by atoms with van der Waals surface area (Å²) in [6.07, 6.45) is 29.0. The van der Waals surface area contributed by atoms with Gasteiger partial charge in [-0.1, -0.05) is 56.2 Å². The average Bonchev–Trinajstić information content (AvgIpc) is 1.10. The third-order valence-electron chi connectivity index (χ3n) is 26.2. The van der Waals surface area contributed by atoms with Crippen LogP contribution in [0.3, 0.4) is 0 Å². The van der Waals surface area contributed by atoms with Gasteiger partial charge >= 0.3 is 12.1 Å². The number of aliphatic imine (C=N–C) groups is 1. The van der Waals surface area contributed by atoms with Gasteiger partial charge in [0.1, 0.15) is 17.5 Å². The van der Waals surface area contributed by atoms with Crippen molar-refractivity contribution in [3.05, 3.63) is 242 Å². The number of amidine groups is 1. The number of hydrogen-bond acceptors (Lipinski definition) is 32. The molecule has 0 bridgehead atoms. The number of fused-ring (bicyclic) bond motifs is 3. The minimum absolute atomic E-state index is 0.00929. The Morgan fingerprint density at radius 2 is 0.938 bits per heavy atom. The van der Waals surface area contributed by atoms with Crippen LogP contribution in [0.25, 0.3) is 34.9 Å². The van der Waals surface area contributed by atoms with E-state index in [0.717, 1.165) is 117 Å². The number of nitrogens with two attached hydrogens (primary N) is 1. The summed E-state index contributed by atoms with van der Waals surface area (Å²) < 4.78 is 142. The summed E-state index contributed by atoms with van der Waals surface area (Å²) in [5, 5.41) is 6.01. The SMILES string of the molecule is CC1c2cnc(-c3ncccn3)nc2CCN1c1cc(F)c(F)c(OCCCCCCN(C)C[C@@H]2COCCN2C(=O)OC(C)(C)C)c1.CC1c2cnc(-c3ncccn3)nc2CCN1c1cc(F)c(F)c(OCCCCCCN)c1.COC(=O)C1=C(CN2CCOC[C@H]2CN(C)CCCCCCOc2cc(N3CCc4nc(-c5ncccn5)ncc4C3C)cc(F)c2F)NC(c2nccs2)=N[C@H]1c1ccc(F)cc1Cl. The zero-order chi connectivity index (χ0) is 103. The highest BCUT2D eigenvalue weighted by molar-refractivity contribution is 7.11. The number of unbranched alkanes of at least 4 members (excludes halogenated alkanes) is 9. The molecule has 3 unspecified atom stereocenters. The fourth-order valence-electron chi connectivity index (χ4n) is 18.6. The van der Waals surface area contributed by atoms with E-state index in [2.05, 4.69) is 86.9 Å². The molecule has 0 saturated carbocycles. The lowest BCUT2D eigenvalue weighted by molar-refractivity contribution is -0.136. The van der Waals surface area contributed by atoms with Crippen LogP contribution >= 0.6 is 22.9 Å². The Bertz CT molecular complexity index is 6260. The summed E-state index contributed by atoms with van der Waals surface area (Å²) in [5.74, 6) is -3.81. The number of carbonyl (C=O) groups excluding carboxylic acids is 2. The maximum absolute atomic E-state index is 15.0. The summed E-state index contributed by atoms with van der Waals surface area (Å²) in [6.45, 7) is 21.5. The molecule has 2 fully saturated rings. The number of ether oxygens (including phenoxy) is 7. The van der Waals surface area contributed by atoms with Crippen LogP contribution in [0.1, 0.15) is 187 Å². The Kier molecular flexibility index (Phi) is 38.0. The predicted octanol–water partition coefficient (Wildman–Crippen LogP) is 17.5. The lowest BCUT2D eigenvalue weighted by atomic mass is 9.95. The molecule has 6 aliphatic rings. The van der Waals surface area contributed by atoms with Crippen LogP contribution in [0, 0.1) is 40.7 Å². The highest BCUT2D eigenvalue weighted by Gasteiger charge is 2.39. The van der Waals surface area contributed by atoms with E-state index in [1.807, 2.05) is 68.7 Å². The number of nitrogens with one attached hydrogen (secondary N) is 1. The normalized spacial score (nSPS) is 17.9. The van der Waals surface area contributed by atoms with Gasteiger partial charge in [-0.3, -0.25) is 14.8 Å². The molecule has 3 N–H and O–H groups in total. The number of likely N-dealkylation sites (N-methyl/N-ethyl adjacent to an activating group) is 2. The molecule has 4 aromatic carbocycles. The first-order chi connectivity index (χ1) is 70.6. The first-order valence-corrected chi connectivity index (χ1v) is 50.9. The number of carbonyl (C=O) groups is 2. The maximum atomic E-state index is 15.0. The predicted molar refractivity (Wildman–Crippen MR) is 541 cm³/mol. The van der Waals surface area contributed by atoms with Gasteiger partial charge in [0.05, 0.1) is 100 Å². The molecule has 2 saturated heterocycles. The Morgan fingerprint density at radius 3 is 1.36 bits per heavy atom. The summed E-state index contributed by atoms with van der Waals surface area (Å²) >= 11 is 7.96. The quantitative estimate of drug-likeness (QED) is 0.0206. The molecule has 776 valence electrons. The number of methoxy groups -OCH3 is 1. The van der Waals surface area contributed by atoms with Crippen molar-refractivity contribution in [3.63, 3.8) is 0 Å². The van der Waals surface area contributed by atoms with Gasteiger partial charge in [0, 0.05) is 231 Å². The standard InChI is InChI=1S/C46H50ClF3N10O4S.C35H47F2N7O4.C24H28F2N6O/c1-28-33-24-54-43(42-51-12-8-13-52-42)55-36(33)11-16-60(28)30-22-35(49)40(50)38(23-30)64-18-7-5-4-6-15-58(2)25-31-27-63-19-17-59(31)26-37-39(46(61)62-3)41(32-10-9-29(48)21-34(32)47)57-44(56-37)45-53-14-20-65-45;1-24-27-21-40-33(32-38-12-10-13-39-32)41-29(27)11-15-43(24)25-19-28(36)31(37)30(20-25)47-17-9-7-6-8-14-42(5)22-26-23-46-18-16-44(26)34(45)48-35(2,3)4;1-16-18-15-30-24(23-28-9-6-10-29-23)31-20(18)7-11-32(16)17-13-19(25)22(26)21(14-17)33-12-5-3-2-4-8-27/h8-10,12-14,20-24,28,31,41H,4-7,11,15-19,25-27H2,1-3H3,(H,56,57);10,12-13,19-21,24,26H,6-9,11,14-18,22-23H2,1-5H3;6,9-10,13-16H,2-5,7-8,11-12,27H2,1H3/t28?,31-,41+;24?,26-;/m11./s1. The second kappa shape index (κ2) is 51.6. The van der Waals surface area contributed by atoms with E-state index in [-0.39, 0.29) is 77.4 Å². The monoisotopic (exact) mass is 2050 g/mol. The minimum atomic E-state index is -1.00. The van der Waals surface area contributed by atoms with Crippen LogP contribution in [-0.2, 0) is 43.0 Å². The summed E-state index contributed by atoms with van der Waals surface area (Å²) in [5.41, 5.74) is 13.4. The molecule has 17 rings (SSSR count). The summed E-state index contributed by atoms with van der Waals surface area (Å²) in [7, 11) is 5.44. The van der Waals surface area contributed by atoms with Crippen molar-refractivity contribution in [2.24, 2.45) is 10.7 Å². The topological polar surface area (TPSA) is 339 Å². The number of benzene rings is 4. The molecule has 11 aromatic rings. The van der Waals surface area contributed by atoms with Crippen molar-refractivity contribution < 1.29 is 73.5 Å². The van der Waals surface area contributed by atoms with Crippen molar-refractivity contribution in [1.82, 2.24) is 89.7 Å². The number of anilines is 3. The molecule has 6 aliphatic heterocycles. The van der Waals surface area contributed by atoms with E-state index in [9.17, 15) is 35.9 Å². The largest absolute Gasteiger partial charge is 0.490 e. The molecular formula is C105H125ClF7N23O9S. The first kappa shape index (κ1) is 108. The lowest BCUT2D eigenvalue weighted by Gasteiger charge is -2.39. The first-order valence-electron chi connectivity index (χ1n) is 49.7. The summed E-state index contributed by atoms with van der Waals surface area (Å²) in [6, 6.07) is 16.3. The number of amides is 1. The van der Waals surface area contributed by atoms with Crippen molar-refractivity contribution in [1.29, 1.82) is 0 Å². The molecule has 32 nitrogen and oxygen atoms in total. The number of esters is 1. The number of thiazole rings is 1. The van der Waals surface area contributed by atoms with Gasteiger partial charge in [0.15, 0.2) is 80.5 Å². The molecule has 6 atom stereocenters. The number of rotatable bonds is 38. The Hall–Kier alpha value is -12.7. The van der Waals surface area contributed by atoms with E-state index in [1.54, 1.807) is 109 Å². The molecule has 41 heteroatoms. The van der Waals surface area contributed by atoms with Crippen LogP contribution in [0.4, 0.5) is 52.6 Å². The number of hydrogen-bond donors (Lipinski definition) is 2. The van der Waals surface area contributed by atoms with Crippen LogP contribution in [0.15, 0.2) is 156 Å². The molecule has 0 spiro atoms. The van der Waals surface area contributed by atoms with E-state index in [1.165, 1.54) is 48.8 Å². The van der Waals surface area contributed by atoms with E-state index < -0.39 is 58.3 Å². The molecule has 146 heavy (non-hydrogen) atoms. The molecule has 1 amide bonds. The van der Waals surface area contributed by atoms with Gasteiger partial charge in [-0.15, -0.1) is 11.3 Å². The van der Waals surface area contributed by atoms with Crippen molar-refractivity contribution >= 4 is 57.9 Å². The number of aromatic nitrogens is 13. The van der Waals surface area contributed by atoms with Crippen LogP contribution in [-0.4, -0.2) is 259 Å². The third-order valence-corrected chi connectivity index (χ3v) is 27.3. The Morgan fingerprint density at radius 1 is 0.514 bits per heavy atom. The van der Waals surface area contributed by atoms with Gasteiger partial charge in [-0.25, -0.2) is 91.9 Å². The molecule has 0 radical (unpaired) electrons. The van der Waals surface area contributed by atoms with Crippen molar-refractivity contribution in [2.45, 2.75) is 180 Å². The Balaban J connectivity index is 0.000000174. The maximum Gasteiger partial charge on any atom is 0.410 e. The molecule has 0 aliphatic carbocycles. The third kappa shape index (κ3) is 28.0. The van der Waals surface area contributed by atoms with Gasteiger partial charge in [0.2, 0.25) is 17.5 Å². The second-order valence-electron chi connectivity index (χ2n) is 37.7. The lowest BCUT2D eigenvalue weighted by Crippen LogP contribution is -2.54. The smallest absolute Gasteiger partial charge is 0.410 e. The minimum Gasteiger partial charge on any atom is -0.490 e. The fraction of sp³-hybridized carbons (Fsp3) is 0.467. The van der Waals surface area contributed by atoms with Crippen LogP contribution in [0.5, 0.6) is 17.2 Å². The molecule has 7 aromatic heterocycles. The number of nitrogens with zero attached hydrogens (tertiary/aromatic N) is 21. The van der Waals surface area contributed by atoms with Crippen LogP contribution < -0.4 is 40.0 Å². The number of morpholine rings is 2. The zero-order valence-electron chi connectivity index (χ0n) is 83.7. The highest BCUT2D eigenvalue weighted by Crippen LogP contribution is 2.43. The highest BCUT2D eigenvalue weighted by atomic mass is 35.5. The van der Waals surface area contributed by atoms with E-state index in [4.69, 9.17) is 60.5 Å². The van der Waals surface area contributed by atoms with Gasteiger partial charge in [-0.2, -0.15) is 13.2 Å². The zero-order valence-corrected chi connectivity index (χ0v) is 85.2. The average molecular weight is 2050 g/mol. The van der Waals surface area contributed by atoms with E-state index >= 15 is 4.39 Å². The number of halogens is 8. The van der Waals surface area contributed by atoms with Crippen LogP contribution in [0.2, 0.25) is 5.02 Å². The van der Waals surface area contributed by atoms with Gasteiger partial charge < -0.3 is 68.7 Å². The second-order valence-corrected chi connectivity index (χ2v) is 39.0.